The minimum Gasteiger partial charge on any atom is -0.493 e. The third kappa shape index (κ3) is 3.87. The molecule has 2 aromatic carbocycles. The Morgan fingerprint density at radius 3 is 2.73 bits per heavy atom. The van der Waals surface area contributed by atoms with Gasteiger partial charge in [-0.05, 0) is 62.6 Å². The van der Waals surface area contributed by atoms with Crippen molar-refractivity contribution < 1.29 is 14.3 Å². The van der Waals surface area contributed by atoms with Gasteiger partial charge in [0.15, 0.2) is 0 Å². The average molecular weight is 352 g/mol. The van der Waals surface area contributed by atoms with Crippen LogP contribution in [0.2, 0.25) is 0 Å². The number of aryl methyl sites for hydroxylation is 1. The Kier molecular flexibility index (Phi) is 5.56. The zero-order valence-corrected chi connectivity index (χ0v) is 15.2. The van der Waals surface area contributed by atoms with Crippen LogP contribution in [0.25, 0.3) is 0 Å². The molecule has 1 saturated heterocycles. The van der Waals surface area contributed by atoms with Gasteiger partial charge in [0.1, 0.15) is 5.75 Å². The van der Waals surface area contributed by atoms with Crippen molar-refractivity contribution in [3.8, 4) is 5.75 Å². The highest BCUT2D eigenvalue weighted by molar-refractivity contribution is 6.06. The van der Waals surface area contributed by atoms with E-state index < -0.39 is 0 Å². The van der Waals surface area contributed by atoms with Crippen LogP contribution in [0, 0.1) is 6.92 Å². The molecular formula is C21H24N2O3. The van der Waals surface area contributed by atoms with E-state index in [2.05, 4.69) is 5.32 Å². The van der Waals surface area contributed by atoms with Crippen LogP contribution in [0.1, 0.15) is 42.1 Å². The zero-order valence-electron chi connectivity index (χ0n) is 15.2. The quantitative estimate of drug-likeness (QED) is 0.879. The number of carbonyl (C=O) groups excluding carboxylic acids is 2. The first-order valence-electron chi connectivity index (χ1n) is 9.04. The van der Waals surface area contributed by atoms with Gasteiger partial charge >= 0.3 is 0 Å². The third-order valence-electron chi connectivity index (χ3n) is 4.50. The Hall–Kier alpha value is -2.82. The van der Waals surface area contributed by atoms with E-state index in [4.69, 9.17) is 4.74 Å². The van der Waals surface area contributed by atoms with Crippen LogP contribution in [0.15, 0.2) is 42.5 Å². The summed E-state index contributed by atoms with van der Waals surface area (Å²) in [5.74, 6) is 0.525. The first-order valence-corrected chi connectivity index (χ1v) is 9.04. The number of anilines is 2. The molecule has 0 radical (unpaired) electrons. The number of benzene rings is 2. The SMILES string of the molecule is CCOc1ccccc1C(=O)Nc1ccc(N2CCCCC2=O)c(C)c1. The van der Waals surface area contributed by atoms with Gasteiger partial charge in [-0.1, -0.05) is 12.1 Å². The Bertz CT molecular complexity index is 817. The Morgan fingerprint density at radius 2 is 2.00 bits per heavy atom. The van der Waals surface area contributed by atoms with E-state index in [1.165, 1.54) is 0 Å². The molecule has 1 N–H and O–H groups in total. The number of nitrogens with zero attached hydrogens (tertiary/aromatic N) is 1. The fraction of sp³-hybridized carbons (Fsp3) is 0.333. The van der Waals surface area contributed by atoms with Crippen molar-refractivity contribution in [3.63, 3.8) is 0 Å². The number of hydrogen-bond acceptors (Lipinski definition) is 3. The molecule has 26 heavy (non-hydrogen) atoms. The average Bonchev–Trinajstić information content (AvgIpc) is 2.63. The summed E-state index contributed by atoms with van der Waals surface area (Å²) in [7, 11) is 0. The highest BCUT2D eigenvalue weighted by Gasteiger charge is 2.21. The van der Waals surface area contributed by atoms with Crippen LogP contribution in [-0.4, -0.2) is 25.0 Å². The van der Waals surface area contributed by atoms with E-state index in [0.29, 0.717) is 30.0 Å². The van der Waals surface area contributed by atoms with Gasteiger partial charge in [0.2, 0.25) is 5.91 Å². The molecule has 1 aliphatic heterocycles. The fourth-order valence-corrected chi connectivity index (χ4v) is 3.23. The molecule has 136 valence electrons. The predicted molar refractivity (Wildman–Crippen MR) is 103 cm³/mol. The van der Waals surface area contributed by atoms with Gasteiger partial charge in [0.05, 0.1) is 12.2 Å². The van der Waals surface area contributed by atoms with Gasteiger partial charge in [0, 0.05) is 24.3 Å². The Labute approximate surface area is 154 Å². The lowest BCUT2D eigenvalue weighted by molar-refractivity contribution is -0.119. The predicted octanol–water partition coefficient (Wildman–Crippen LogP) is 4.16. The fourth-order valence-electron chi connectivity index (χ4n) is 3.23. The van der Waals surface area contributed by atoms with Crippen molar-refractivity contribution in [2.75, 3.05) is 23.4 Å². The van der Waals surface area contributed by atoms with Gasteiger partial charge in [0.25, 0.3) is 5.91 Å². The van der Waals surface area contributed by atoms with Crippen molar-refractivity contribution in [1.82, 2.24) is 0 Å². The topological polar surface area (TPSA) is 58.6 Å². The smallest absolute Gasteiger partial charge is 0.259 e. The Balaban J connectivity index is 1.78. The van der Waals surface area contributed by atoms with E-state index in [1.54, 1.807) is 12.1 Å². The summed E-state index contributed by atoms with van der Waals surface area (Å²) in [4.78, 5) is 26.6. The van der Waals surface area contributed by atoms with Crippen LogP contribution in [0.4, 0.5) is 11.4 Å². The maximum atomic E-state index is 12.6. The Morgan fingerprint density at radius 1 is 1.19 bits per heavy atom. The summed E-state index contributed by atoms with van der Waals surface area (Å²) in [5.41, 5.74) is 3.09. The molecule has 0 unspecified atom stereocenters. The number of para-hydroxylation sites is 1. The molecule has 5 nitrogen and oxygen atoms in total. The summed E-state index contributed by atoms with van der Waals surface area (Å²) in [6.45, 7) is 5.11. The molecule has 2 aromatic rings. The molecule has 0 bridgehead atoms. The number of amides is 2. The van der Waals surface area contributed by atoms with Crippen molar-refractivity contribution in [1.29, 1.82) is 0 Å². The molecule has 3 rings (SSSR count). The van der Waals surface area contributed by atoms with Crippen molar-refractivity contribution in [2.45, 2.75) is 33.1 Å². The van der Waals surface area contributed by atoms with Crippen LogP contribution >= 0.6 is 0 Å². The maximum Gasteiger partial charge on any atom is 0.259 e. The van der Waals surface area contributed by atoms with Gasteiger partial charge in [-0.3, -0.25) is 9.59 Å². The first kappa shape index (κ1) is 18.0. The molecule has 0 aromatic heterocycles. The summed E-state index contributed by atoms with van der Waals surface area (Å²) in [6, 6.07) is 12.8. The van der Waals surface area contributed by atoms with Crippen molar-refractivity contribution in [3.05, 3.63) is 53.6 Å². The van der Waals surface area contributed by atoms with Crippen LogP contribution in [0.3, 0.4) is 0 Å². The van der Waals surface area contributed by atoms with Crippen molar-refractivity contribution in [2.24, 2.45) is 0 Å². The molecule has 1 aliphatic rings. The summed E-state index contributed by atoms with van der Waals surface area (Å²) in [6.07, 6.45) is 2.59. The second-order valence-electron chi connectivity index (χ2n) is 6.39. The molecule has 0 aliphatic carbocycles. The summed E-state index contributed by atoms with van der Waals surface area (Å²) in [5, 5.41) is 2.92. The summed E-state index contributed by atoms with van der Waals surface area (Å²) >= 11 is 0. The molecule has 0 spiro atoms. The molecule has 0 atom stereocenters. The lowest BCUT2D eigenvalue weighted by atomic mass is 10.1. The molecular weight excluding hydrogens is 328 g/mol. The van der Waals surface area contributed by atoms with E-state index in [9.17, 15) is 9.59 Å². The number of piperidine rings is 1. The number of hydrogen-bond donors (Lipinski definition) is 1. The third-order valence-corrected chi connectivity index (χ3v) is 4.50. The standard InChI is InChI=1S/C21H24N2O3/c1-3-26-19-9-5-4-8-17(19)21(25)22-16-11-12-18(15(2)14-16)23-13-7-6-10-20(23)24/h4-5,8-9,11-12,14H,3,6-7,10,13H2,1-2H3,(H,22,25). The van der Waals surface area contributed by atoms with Gasteiger partial charge in [-0.15, -0.1) is 0 Å². The van der Waals surface area contributed by atoms with Crippen LogP contribution in [0.5, 0.6) is 5.75 Å². The van der Waals surface area contributed by atoms with Crippen LogP contribution < -0.4 is 15.0 Å². The van der Waals surface area contributed by atoms with Crippen molar-refractivity contribution >= 4 is 23.2 Å². The highest BCUT2D eigenvalue weighted by atomic mass is 16.5. The minimum absolute atomic E-state index is 0.168. The lowest BCUT2D eigenvalue weighted by Crippen LogP contribution is -2.35. The number of nitrogens with one attached hydrogen (secondary N) is 1. The van der Waals surface area contributed by atoms with Gasteiger partial charge < -0.3 is 15.0 Å². The molecule has 1 heterocycles. The van der Waals surface area contributed by atoms with Crippen LogP contribution in [-0.2, 0) is 4.79 Å². The van der Waals surface area contributed by atoms with E-state index >= 15 is 0 Å². The monoisotopic (exact) mass is 352 g/mol. The van der Waals surface area contributed by atoms with Gasteiger partial charge in [-0.25, -0.2) is 0 Å². The summed E-state index contributed by atoms with van der Waals surface area (Å²) < 4.78 is 5.52. The van der Waals surface area contributed by atoms with E-state index in [-0.39, 0.29) is 11.8 Å². The molecule has 2 amide bonds. The number of carbonyl (C=O) groups is 2. The minimum atomic E-state index is -0.213. The highest BCUT2D eigenvalue weighted by Crippen LogP contribution is 2.28. The second-order valence-corrected chi connectivity index (χ2v) is 6.39. The van der Waals surface area contributed by atoms with E-state index in [0.717, 1.165) is 30.6 Å². The zero-order chi connectivity index (χ0) is 18.5. The number of rotatable bonds is 5. The normalized spacial score (nSPS) is 14.2. The first-order chi connectivity index (χ1) is 12.6. The molecule has 1 fully saturated rings. The second kappa shape index (κ2) is 8.04. The van der Waals surface area contributed by atoms with Gasteiger partial charge in [-0.2, -0.15) is 0 Å². The van der Waals surface area contributed by atoms with E-state index in [1.807, 2.05) is 49.1 Å². The largest absolute Gasteiger partial charge is 0.493 e. The molecule has 0 saturated carbocycles. The number of ether oxygens (including phenoxy) is 1. The lowest BCUT2D eigenvalue weighted by Gasteiger charge is -2.28. The maximum absolute atomic E-state index is 12.6. The molecule has 5 heteroatoms.